The third kappa shape index (κ3) is 4.95. The summed E-state index contributed by atoms with van der Waals surface area (Å²) in [5.74, 6) is 0.823. The third-order valence-electron chi connectivity index (χ3n) is 5.66. The Morgan fingerprint density at radius 1 is 1.08 bits per heavy atom. The number of aliphatic hydroxyl groups is 1. The maximum absolute atomic E-state index is 12.7. The second kappa shape index (κ2) is 10.6. The molecular weight excluding hydrogens is 484 g/mol. The first-order chi connectivity index (χ1) is 17.4. The summed E-state index contributed by atoms with van der Waals surface area (Å²) in [5.41, 5.74) is 8.46. The van der Waals surface area contributed by atoms with Crippen molar-refractivity contribution in [2.24, 2.45) is 0 Å². The normalized spacial score (nSPS) is 11.0. The summed E-state index contributed by atoms with van der Waals surface area (Å²) in [4.78, 5) is 32.3. The van der Waals surface area contributed by atoms with Crippen LogP contribution in [-0.2, 0) is 6.54 Å². The predicted molar refractivity (Wildman–Crippen MR) is 138 cm³/mol. The van der Waals surface area contributed by atoms with E-state index in [-0.39, 0.29) is 36.3 Å². The zero-order chi connectivity index (χ0) is 25.8. The molecule has 36 heavy (non-hydrogen) atoms. The number of hydrogen-bond donors (Lipinski definition) is 5. The Balaban J connectivity index is 1.48. The molecule has 0 saturated carbocycles. The third-order valence-corrected chi connectivity index (χ3v) is 5.97. The number of aromatic amines is 1. The monoisotopic (exact) mass is 510 g/mol. The van der Waals surface area contributed by atoms with E-state index in [1.807, 2.05) is 0 Å². The minimum Gasteiger partial charge on any atom is -0.493 e. The van der Waals surface area contributed by atoms with Gasteiger partial charge in [-0.3, -0.25) is 9.59 Å². The van der Waals surface area contributed by atoms with Gasteiger partial charge in [0.1, 0.15) is 11.5 Å². The van der Waals surface area contributed by atoms with Crippen LogP contribution < -0.4 is 25.8 Å². The minimum absolute atomic E-state index is 0.141. The molecule has 11 nitrogen and oxygen atoms in total. The van der Waals surface area contributed by atoms with Gasteiger partial charge in [-0.25, -0.2) is 4.98 Å². The molecule has 4 rings (SSSR count). The van der Waals surface area contributed by atoms with E-state index in [0.717, 1.165) is 0 Å². The summed E-state index contributed by atoms with van der Waals surface area (Å²) in [5, 5.41) is 15.7. The number of rotatable bonds is 9. The Hall–Kier alpha value is -4.16. The SMILES string of the molecule is COc1cc2nc(=S)n(CCNC(=O)c3cc4cc(C(=O)NCCO)ccc4[nH]3)c(N)c2cc1OC. The van der Waals surface area contributed by atoms with E-state index in [1.165, 1.54) is 14.2 Å². The summed E-state index contributed by atoms with van der Waals surface area (Å²) >= 11 is 5.42. The number of methoxy groups -OCH3 is 2. The van der Waals surface area contributed by atoms with Crippen LogP contribution in [0.5, 0.6) is 11.5 Å². The number of nitrogens with zero attached hydrogens (tertiary/aromatic N) is 2. The second-order valence-corrected chi connectivity index (χ2v) is 8.24. The summed E-state index contributed by atoms with van der Waals surface area (Å²) in [6.07, 6.45) is 0. The van der Waals surface area contributed by atoms with E-state index in [9.17, 15) is 9.59 Å². The van der Waals surface area contributed by atoms with Crippen molar-refractivity contribution in [3.63, 3.8) is 0 Å². The van der Waals surface area contributed by atoms with Gasteiger partial charge in [0.25, 0.3) is 11.8 Å². The van der Waals surface area contributed by atoms with Gasteiger partial charge in [-0.05, 0) is 42.5 Å². The van der Waals surface area contributed by atoms with Crippen LogP contribution in [0.2, 0.25) is 0 Å². The van der Waals surface area contributed by atoms with E-state index in [0.29, 0.717) is 56.9 Å². The van der Waals surface area contributed by atoms with E-state index in [1.54, 1.807) is 41.0 Å². The molecule has 0 fully saturated rings. The van der Waals surface area contributed by atoms with Gasteiger partial charge in [0.2, 0.25) is 4.77 Å². The molecule has 0 atom stereocenters. The van der Waals surface area contributed by atoms with E-state index >= 15 is 0 Å². The number of fused-ring (bicyclic) bond motifs is 2. The smallest absolute Gasteiger partial charge is 0.267 e. The standard InChI is InChI=1S/C24H26N6O5S/c1-34-19-11-15-17(12-20(19)35-2)29-24(36)30(21(15)25)7-5-26-23(33)18-10-14-9-13(3-4-16(14)28-18)22(32)27-6-8-31/h3-4,9-12,28,31H,5-8,25H2,1-2H3,(H,26,33)(H,27,32). The number of carbonyl (C=O) groups excluding carboxylic acids is 2. The lowest BCUT2D eigenvalue weighted by molar-refractivity contribution is 0.0938. The van der Waals surface area contributed by atoms with Crippen molar-refractivity contribution in [1.29, 1.82) is 0 Å². The van der Waals surface area contributed by atoms with Crippen LogP contribution in [0, 0.1) is 4.77 Å². The van der Waals surface area contributed by atoms with Crippen molar-refractivity contribution in [1.82, 2.24) is 25.2 Å². The van der Waals surface area contributed by atoms with Crippen LogP contribution in [-0.4, -0.2) is 65.4 Å². The van der Waals surface area contributed by atoms with Crippen LogP contribution in [0.1, 0.15) is 20.8 Å². The van der Waals surface area contributed by atoms with E-state index < -0.39 is 0 Å². The highest BCUT2D eigenvalue weighted by Gasteiger charge is 2.14. The molecule has 0 aliphatic carbocycles. The van der Waals surface area contributed by atoms with Gasteiger partial charge in [-0.2, -0.15) is 0 Å². The topological polar surface area (TPSA) is 157 Å². The lowest BCUT2D eigenvalue weighted by Crippen LogP contribution is -2.28. The highest BCUT2D eigenvalue weighted by atomic mass is 32.1. The van der Waals surface area contributed by atoms with Crippen molar-refractivity contribution in [3.05, 3.63) is 52.4 Å². The molecule has 2 amide bonds. The molecule has 4 aromatic rings. The Morgan fingerprint density at radius 3 is 2.53 bits per heavy atom. The minimum atomic E-state index is -0.317. The Labute approximate surface area is 211 Å². The van der Waals surface area contributed by atoms with Crippen molar-refractivity contribution in [3.8, 4) is 11.5 Å². The molecule has 2 aromatic carbocycles. The average molecular weight is 511 g/mol. The number of aromatic nitrogens is 3. The van der Waals surface area contributed by atoms with Gasteiger partial charge in [0.05, 0.1) is 26.3 Å². The van der Waals surface area contributed by atoms with Crippen LogP contribution in [0.15, 0.2) is 36.4 Å². The number of nitrogens with one attached hydrogen (secondary N) is 3. The van der Waals surface area contributed by atoms with Gasteiger partial charge in [0, 0.05) is 47.6 Å². The lowest BCUT2D eigenvalue weighted by atomic mass is 10.1. The fourth-order valence-electron chi connectivity index (χ4n) is 3.84. The Bertz CT molecular complexity index is 1510. The van der Waals surface area contributed by atoms with Crippen LogP contribution in [0.3, 0.4) is 0 Å². The fraction of sp³-hybridized carbons (Fsp3) is 0.250. The van der Waals surface area contributed by atoms with Crippen LogP contribution in [0.4, 0.5) is 5.82 Å². The maximum atomic E-state index is 12.7. The van der Waals surface area contributed by atoms with Crippen molar-refractivity contribution in [2.45, 2.75) is 6.54 Å². The Kier molecular flexibility index (Phi) is 7.36. The number of nitrogens with two attached hydrogens (primary N) is 1. The van der Waals surface area contributed by atoms with Gasteiger partial charge >= 0.3 is 0 Å². The van der Waals surface area contributed by atoms with E-state index in [2.05, 4.69) is 20.6 Å². The molecule has 0 saturated heterocycles. The van der Waals surface area contributed by atoms with Crippen molar-refractivity contribution >= 4 is 51.7 Å². The second-order valence-electron chi connectivity index (χ2n) is 7.88. The molecule has 2 aromatic heterocycles. The number of ether oxygens (including phenoxy) is 2. The number of amides is 2. The molecule has 0 unspecified atom stereocenters. The number of benzene rings is 2. The van der Waals surface area contributed by atoms with Gasteiger partial charge in [-0.1, -0.05) is 0 Å². The van der Waals surface area contributed by atoms with Crippen LogP contribution in [0.25, 0.3) is 21.8 Å². The number of aliphatic hydroxyl groups excluding tert-OH is 1. The predicted octanol–water partition coefficient (Wildman–Crippen LogP) is 2.00. The number of hydrogen-bond acceptors (Lipinski definition) is 8. The molecule has 2 heterocycles. The maximum Gasteiger partial charge on any atom is 0.267 e. The first kappa shape index (κ1) is 24.9. The first-order valence-electron chi connectivity index (χ1n) is 11.1. The van der Waals surface area contributed by atoms with Crippen LogP contribution >= 0.6 is 12.2 Å². The molecule has 0 bridgehead atoms. The lowest BCUT2D eigenvalue weighted by Gasteiger charge is -2.15. The number of H-pyrrole nitrogens is 1. The summed E-state index contributed by atoms with van der Waals surface area (Å²) in [6.45, 7) is 0.587. The molecule has 0 aliphatic rings. The summed E-state index contributed by atoms with van der Waals surface area (Å²) in [7, 11) is 3.07. The fourth-order valence-corrected chi connectivity index (χ4v) is 4.13. The number of carbonyl (C=O) groups is 2. The molecule has 188 valence electrons. The zero-order valence-corrected chi connectivity index (χ0v) is 20.6. The molecule has 0 radical (unpaired) electrons. The molecule has 6 N–H and O–H groups in total. The summed E-state index contributed by atoms with van der Waals surface area (Å²) in [6, 6.07) is 10.2. The Morgan fingerprint density at radius 2 is 1.81 bits per heavy atom. The summed E-state index contributed by atoms with van der Waals surface area (Å²) < 4.78 is 12.6. The number of nitrogen functional groups attached to an aromatic ring is 1. The quantitative estimate of drug-likeness (QED) is 0.214. The van der Waals surface area contributed by atoms with Crippen molar-refractivity contribution < 1.29 is 24.2 Å². The largest absolute Gasteiger partial charge is 0.493 e. The molecule has 0 spiro atoms. The highest BCUT2D eigenvalue weighted by Crippen LogP contribution is 2.33. The van der Waals surface area contributed by atoms with E-state index in [4.69, 9.17) is 32.5 Å². The molecular formula is C24H26N6O5S. The first-order valence-corrected chi connectivity index (χ1v) is 11.5. The van der Waals surface area contributed by atoms with Gasteiger partial charge in [0.15, 0.2) is 11.5 Å². The average Bonchev–Trinajstić information content (AvgIpc) is 3.32. The highest BCUT2D eigenvalue weighted by molar-refractivity contribution is 7.71. The van der Waals surface area contributed by atoms with Crippen molar-refractivity contribution in [2.75, 3.05) is 39.6 Å². The van der Waals surface area contributed by atoms with Gasteiger partial charge < -0.3 is 40.5 Å². The molecule has 12 heteroatoms. The zero-order valence-electron chi connectivity index (χ0n) is 19.8. The van der Waals surface area contributed by atoms with Gasteiger partial charge in [-0.15, -0.1) is 0 Å². The molecule has 0 aliphatic heterocycles. The number of anilines is 1.